The molecule has 2 aromatic carbocycles. The van der Waals surface area contributed by atoms with Crippen molar-refractivity contribution in [1.82, 2.24) is 14.5 Å². The average molecular weight is 396 g/mol. The first kappa shape index (κ1) is 19.0. The summed E-state index contributed by atoms with van der Waals surface area (Å²) in [6.07, 6.45) is 1.22. The SMILES string of the molecule is CCn1c(CN2CCC(CSc3ccccc3)C2)nc2cc(C(=O)O)ccc21. The van der Waals surface area contributed by atoms with Crippen LogP contribution in [-0.2, 0) is 13.1 Å². The minimum absolute atomic E-state index is 0.291. The number of hydrogen-bond acceptors (Lipinski definition) is 4. The smallest absolute Gasteiger partial charge is 0.335 e. The lowest BCUT2D eigenvalue weighted by Crippen LogP contribution is -2.23. The van der Waals surface area contributed by atoms with Crippen LogP contribution in [0, 0.1) is 5.92 Å². The van der Waals surface area contributed by atoms with E-state index in [4.69, 9.17) is 4.98 Å². The van der Waals surface area contributed by atoms with Crippen molar-refractivity contribution in [2.75, 3.05) is 18.8 Å². The van der Waals surface area contributed by atoms with E-state index in [-0.39, 0.29) is 0 Å². The zero-order valence-corrected chi connectivity index (χ0v) is 16.9. The topological polar surface area (TPSA) is 58.4 Å². The summed E-state index contributed by atoms with van der Waals surface area (Å²) < 4.78 is 2.20. The van der Waals surface area contributed by atoms with Gasteiger partial charge in [0.25, 0.3) is 0 Å². The zero-order valence-electron chi connectivity index (χ0n) is 16.0. The Kier molecular flexibility index (Phi) is 5.69. The number of aromatic carboxylic acids is 1. The summed E-state index contributed by atoms with van der Waals surface area (Å²) in [5.41, 5.74) is 2.07. The van der Waals surface area contributed by atoms with Crippen molar-refractivity contribution < 1.29 is 9.90 Å². The molecule has 4 rings (SSSR count). The van der Waals surface area contributed by atoms with Gasteiger partial charge in [-0.25, -0.2) is 9.78 Å². The molecule has 5 nitrogen and oxygen atoms in total. The molecule has 146 valence electrons. The van der Waals surface area contributed by atoms with Gasteiger partial charge in [-0.05, 0) is 56.1 Å². The fourth-order valence-corrected chi connectivity index (χ4v) is 4.96. The van der Waals surface area contributed by atoms with Gasteiger partial charge in [0.2, 0.25) is 0 Å². The van der Waals surface area contributed by atoms with E-state index in [1.807, 2.05) is 17.8 Å². The molecule has 1 aliphatic rings. The molecule has 1 fully saturated rings. The highest BCUT2D eigenvalue weighted by Gasteiger charge is 2.24. The Morgan fingerprint density at radius 1 is 1.25 bits per heavy atom. The van der Waals surface area contributed by atoms with E-state index in [0.717, 1.165) is 48.8 Å². The number of aryl methyl sites for hydroxylation is 1. The highest BCUT2D eigenvalue weighted by atomic mass is 32.2. The second kappa shape index (κ2) is 8.37. The molecule has 0 radical (unpaired) electrons. The molecule has 2 heterocycles. The summed E-state index contributed by atoms with van der Waals surface area (Å²) in [4.78, 5) is 19.8. The van der Waals surface area contributed by atoms with Crippen LogP contribution in [0.3, 0.4) is 0 Å². The number of rotatable bonds is 7. The summed E-state index contributed by atoms with van der Waals surface area (Å²) in [6, 6.07) is 15.8. The Morgan fingerprint density at radius 3 is 2.82 bits per heavy atom. The number of likely N-dealkylation sites (tertiary alicyclic amines) is 1. The van der Waals surface area contributed by atoms with E-state index in [1.165, 1.54) is 11.3 Å². The largest absolute Gasteiger partial charge is 0.478 e. The lowest BCUT2D eigenvalue weighted by molar-refractivity contribution is 0.0697. The minimum Gasteiger partial charge on any atom is -0.478 e. The molecule has 28 heavy (non-hydrogen) atoms. The predicted molar refractivity (Wildman–Crippen MR) is 113 cm³/mol. The van der Waals surface area contributed by atoms with Crippen molar-refractivity contribution >= 4 is 28.8 Å². The molecular weight excluding hydrogens is 370 g/mol. The molecule has 0 aliphatic carbocycles. The maximum Gasteiger partial charge on any atom is 0.335 e. The molecule has 1 aliphatic heterocycles. The van der Waals surface area contributed by atoms with Crippen molar-refractivity contribution in [1.29, 1.82) is 0 Å². The fourth-order valence-electron chi connectivity index (χ4n) is 3.91. The van der Waals surface area contributed by atoms with Crippen LogP contribution < -0.4 is 0 Å². The number of fused-ring (bicyclic) bond motifs is 1. The van der Waals surface area contributed by atoms with Crippen LogP contribution in [0.2, 0.25) is 0 Å². The third-order valence-electron chi connectivity index (χ3n) is 5.35. The number of nitrogens with zero attached hydrogens (tertiary/aromatic N) is 3. The first-order chi connectivity index (χ1) is 13.6. The number of imidazole rings is 1. The fraction of sp³-hybridized carbons (Fsp3) is 0.364. The van der Waals surface area contributed by atoms with E-state index in [0.29, 0.717) is 11.5 Å². The van der Waals surface area contributed by atoms with Gasteiger partial charge in [0.1, 0.15) is 5.82 Å². The molecule has 1 unspecified atom stereocenters. The quantitative estimate of drug-likeness (QED) is 0.602. The number of thioether (sulfide) groups is 1. The van der Waals surface area contributed by atoms with Gasteiger partial charge < -0.3 is 9.67 Å². The normalized spacial score (nSPS) is 17.4. The number of carboxylic acids is 1. The number of aromatic nitrogens is 2. The minimum atomic E-state index is -0.909. The lowest BCUT2D eigenvalue weighted by atomic mass is 10.2. The van der Waals surface area contributed by atoms with Gasteiger partial charge in [-0.3, -0.25) is 4.90 Å². The second-order valence-electron chi connectivity index (χ2n) is 7.29. The summed E-state index contributed by atoms with van der Waals surface area (Å²) in [6.45, 7) is 5.94. The van der Waals surface area contributed by atoms with Crippen LogP contribution in [0.25, 0.3) is 11.0 Å². The maximum absolute atomic E-state index is 11.2. The number of carboxylic acid groups (broad SMARTS) is 1. The van der Waals surface area contributed by atoms with Gasteiger partial charge in [0, 0.05) is 23.7 Å². The molecule has 0 saturated carbocycles. The molecule has 1 atom stereocenters. The number of hydrogen-bond donors (Lipinski definition) is 1. The number of benzene rings is 2. The summed E-state index contributed by atoms with van der Waals surface area (Å²) in [5.74, 6) is 1.96. The molecule has 3 aromatic rings. The average Bonchev–Trinajstić information content (AvgIpc) is 3.30. The van der Waals surface area contributed by atoms with Crippen LogP contribution in [0.1, 0.15) is 29.5 Å². The van der Waals surface area contributed by atoms with Crippen molar-refractivity contribution in [2.24, 2.45) is 5.92 Å². The lowest BCUT2D eigenvalue weighted by Gasteiger charge is -2.16. The van der Waals surface area contributed by atoms with Crippen LogP contribution in [0.5, 0.6) is 0 Å². The molecule has 1 saturated heterocycles. The Hall–Kier alpha value is -2.31. The maximum atomic E-state index is 11.2. The van der Waals surface area contributed by atoms with Crippen LogP contribution >= 0.6 is 11.8 Å². The first-order valence-electron chi connectivity index (χ1n) is 9.76. The monoisotopic (exact) mass is 395 g/mol. The van der Waals surface area contributed by atoms with Crippen molar-refractivity contribution in [3.05, 3.63) is 59.9 Å². The van der Waals surface area contributed by atoms with Gasteiger partial charge in [-0.2, -0.15) is 0 Å². The third-order valence-corrected chi connectivity index (χ3v) is 6.60. The van der Waals surface area contributed by atoms with Gasteiger partial charge in [-0.1, -0.05) is 18.2 Å². The van der Waals surface area contributed by atoms with Crippen molar-refractivity contribution in [2.45, 2.75) is 31.3 Å². The molecule has 0 amide bonds. The molecule has 0 spiro atoms. The van der Waals surface area contributed by atoms with E-state index < -0.39 is 5.97 Å². The second-order valence-corrected chi connectivity index (χ2v) is 8.39. The van der Waals surface area contributed by atoms with Crippen molar-refractivity contribution in [3.63, 3.8) is 0 Å². The predicted octanol–water partition coefficient (Wildman–Crippen LogP) is 4.37. The van der Waals surface area contributed by atoms with Crippen LogP contribution in [-0.4, -0.2) is 44.4 Å². The summed E-state index contributed by atoms with van der Waals surface area (Å²) >= 11 is 1.94. The van der Waals surface area contributed by atoms with Gasteiger partial charge >= 0.3 is 5.97 Å². The molecule has 1 aromatic heterocycles. The molecule has 0 bridgehead atoms. The Morgan fingerprint density at radius 2 is 2.07 bits per heavy atom. The van der Waals surface area contributed by atoms with Crippen LogP contribution in [0.4, 0.5) is 0 Å². The molecule has 1 N–H and O–H groups in total. The molecule has 6 heteroatoms. The van der Waals surface area contributed by atoms with Gasteiger partial charge in [0.05, 0.1) is 23.1 Å². The van der Waals surface area contributed by atoms with Crippen molar-refractivity contribution in [3.8, 4) is 0 Å². The van der Waals surface area contributed by atoms with E-state index in [9.17, 15) is 9.90 Å². The molecular formula is C22H25N3O2S. The Labute approximate surface area is 169 Å². The zero-order chi connectivity index (χ0) is 19.5. The summed E-state index contributed by atoms with van der Waals surface area (Å²) in [7, 11) is 0. The number of carbonyl (C=O) groups is 1. The Bertz CT molecular complexity index is 971. The first-order valence-corrected chi connectivity index (χ1v) is 10.7. The van der Waals surface area contributed by atoms with E-state index >= 15 is 0 Å². The highest BCUT2D eigenvalue weighted by Crippen LogP contribution is 2.27. The van der Waals surface area contributed by atoms with Gasteiger partial charge in [0.15, 0.2) is 0 Å². The van der Waals surface area contributed by atoms with E-state index in [2.05, 4.69) is 46.7 Å². The third kappa shape index (κ3) is 4.08. The van der Waals surface area contributed by atoms with Crippen LogP contribution in [0.15, 0.2) is 53.4 Å². The standard InChI is InChI=1S/C22H25N3O2S/c1-2-25-20-9-8-17(22(26)27)12-19(20)23-21(25)14-24-11-10-16(13-24)15-28-18-6-4-3-5-7-18/h3-9,12,16H,2,10-11,13-15H2,1H3,(H,26,27). The summed E-state index contributed by atoms with van der Waals surface area (Å²) in [5, 5.41) is 9.22. The Balaban J connectivity index is 1.42. The van der Waals surface area contributed by atoms with E-state index in [1.54, 1.807) is 12.1 Å². The van der Waals surface area contributed by atoms with Gasteiger partial charge in [-0.15, -0.1) is 11.8 Å². The highest BCUT2D eigenvalue weighted by molar-refractivity contribution is 7.99.